The highest BCUT2D eigenvalue weighted by molar-refractivity contribution is 6.34. The third-order valence-electron chi connectivity index (χ3n) is 3.18. The number of halogens is 1. The van der Waals surface area contributed by atoms with Gasteiger partial charge in [-0.05, 0) is 24.1 Å². The Kier molecular flexibility index (Phi) is 4.64. The Morgan fingerprint density at radius 1 is 1.15 bits per heavy atom. The van der Waals surface area contributed by atoms with Gasteiger partial charge in [0.15, 0.2) is 0 Å². The predicted octanol–water partition coefficient (Wildman–Crippen LogP) is 3.72. The molecule has 0 aromatic heterocycles. The van der Waals surface area contributed by atoms with Crippen LogP contribution in [-0.4, -0.2) is 24.7 Å². The van der Waals surface area contributed by atoms with Gasteiger partial charge in [0.1, 0.15) is 0 Å². The van der Waals surface area contributed by atoms with E-state index >= 15 is 0 Å². The fourth-order valence-electron chi connectivity index (χ4n) is 2.13. The van der Waals surface area contributed by atoms with Crippen molar-refractivity contribution >= 4 is 23.3 Å². The number of carbonyl (C=O) groups is 1. The lowest BCUT2D eigenvalue weighted by Crippen LogP contribution is -2.23. The Morgan fingerprint density at radius 2 is 1.85 bits per heavy atom. The average Bonchev–Trinajstić information content (AvgIpc) is 2.45. The summed E-state index contributed by atoms with van der Waals surface area (Å²) in [5, 5.41) is 9.70. The van der Waals surface area contributed by atoms with Crippen LogP contribution in [0.4, 0.5) is 5.69 Å². The molecule has 0 bridgehead atoms. The predicted molar refractivity (Wildman–Crippen MR) is 81.8 cm³/mol. The quantitative estimate of drug-likeness (QED) is 0.912. The Bertz CT molecular complexity index is 599. The minimum absolute atomic E-state index is 0.230. The molecule has 3 nitrogen and oxygen atoms in total. The van der Waals surface area contributed by atoms with Gasteiger partial charge in [-0.1, -0.05) is 48.0 Å². The second-order valence-corrected chi connectivity index (χ2v) is 5.01. The summed E-state index contributed by atoms with van der Waals surface area (Å²) in [5.41, 5.74) is 2.01. The molecule has 0 amide bonds. The van der Waals surface area contributed by atoms with Gasteiger partial charge in [-0.3, -0.25) is 0 Å². The van der Waals surface area contributed by atoms with Crippen molar-refractivity contribution in [1.29, 1.82) is 0 Å². The molecule has 2 aromatic rings. The van der Waals surface area contributed by atoms with Crippen LogP contribution in [0.2, 0.25) is 5.02 Å². The van der Waals surface area contributed by atoms with Gasteiger partial charge >= 0.3 is 5.97 Å². The molecule has 4 heteroatoms. The van der Waals surface area contributed by atoms with Gasteiger partial charge < -0.3 is 10.0 Å². The van der Waals surface area contributed by atoms with E-state index in [1.165, 1.54) is 5.56 Å². The zero-order chi connectivity index (χ0) is 14.5. The molecule has 0 aliphatic carbocycles. The van der Waals surface area contributed by atoms with Crippen LogP contribution in [-0.2, 0) is 6.42 Å². The molecule has 2 aromatic carbocycles. The second-order valence-electron chi connectivity index (χ2n) is 4.60. The first-order valence-electron chi connectivity index (χ1n) is 6.36. The zero-order valence-electron chi connectivity index (χ0n) is 11.2. The monoisotopic (exact) mass is 289 g/mol. The highest BCUT2D eigenvalue weighted by atomic mass is 35.5. The van der Waals surface area contributed by atoms with E-state index in [2.05, 4.69) is 12.1 Å². The van der Waals surface area contributed by atoms with Gasteiger partial charge in [0.05, 0.1) is 16.3 Å². The van der Waals surface area contributed by atoms with Crippen molar-refractivity contribution in [3.63, 3.8) is 0 Å². The lowest BCUT2D eigenvalue weighted by molar-refractivity contribution is 0.0697. The van der Waals surface area contributed by atoms with E-state index in [0.29, 0.717) is 17.3 Å². The van der Waals surface area contributed by atoms with E-state index in [0.717, 1.165) is 6.42 Å². The van der Waals surface area contributed by atoms with E-state index in [-0.39, 0.29) is 5.56 Å². The number of carboxylic acids is 1. The first-order chi connectivity index (χ1) is 9.59. The van der Waals surface area contributed by atoms with Crippen LogP contribution in [0.5, 0.6) is 0 Å². The molecule has 0 spiro atoms. The fraction of sp³-hybridized carbons (Fsp3) is 0.188. The highest BCUT2D eigenvalue weighted by Crippen LogP contribution is 2.29. The van der Waals surface area contributed by atoms with Crippen molar-refractivity contribution in [2.24, 2.45) is 0 Å². The van der Waals surface area contributed by atoms with Crippen LogP contribution in [0.15, 0.2) is 48.5 Å². The van der Waals surface area contributed by atoms with Crippen molar-refractivity contribution in [3.8, 4) is 0 Å². The number of hydrogen-bond acceptors (Lipinski definition) is 2. The summed E-state index contributed by atoms with van der Waals surface area (Å²) in [6.07, 6.45) is 0.835. The van der Waals surface area contributed by atoms with Crippen molar-refractivity contribution in [2.75, 3.05) is 18.5 Å². The first kappa shape index (κ1) is 14.4. The summed E-state index contributed by atoms with van der Waals surface area (Å²) in [5.74, 6) is -0.964. The molecule has 0 saturated heterocycles. The molecular weight excluding hydrogens is 274 g/mol. The number of benzene rings is 2. The maximum absolute atomic E-state index is 11.3. The van der Waals surface area contributed by atoms with Crippen LogP contribution in [0.3, 0.4) is 0 Å². The number of likely N-dealkylation sites (N-methyl/N-ethyl adjacent to an activating group) is 1. The summed E-state index contributed by atoms with van der Waals surface area (Å²) in [7, 11) is 1.86. The Labute approximate surface area is 123 Å². The molecule has 0 heterocycles. The van der Waals surface area contributed by atoms with Crippen LogP contribution >= 0.6 is 11.6 Å². The summed E-state index contributed by atoms with van der Waals surface area (Å²) < 4.78 is 0. The first-order valence-corrected chi connectivity index (χ1v) is 6.74. The maximum Gasteiger partial charge on any atom is 0.337 e. The normalized spacial score (nSPS) is 10.3. The molecule has 2 rings (SSSR count). The maximum atomic E-state index is 11.3. The molecule has 0 unspecified atom stereocenters. The van der Waals surface area contributed by atoms with E-state index in [9.17, 15) is 9.90 Å². The molecule has 20 heavy (non-hydrogen) atoms. The van der Waals surface area contributed by atoms with Gasteiger partial charge in [-0.25, -0.2) is 4.79 Å². The number of anilines is 1. The van der Waals surface area contributed by atoms with Crippen molar-refractivity contribution in [2.45, 2.75) is 6.42 Å². The van der Waals surface area contributed by atoms with Crippen molar-refractivity contribution in [3.05, 3.63) is 64.7 Å². The lowest BCUT2D eigenvalue weighted by Gasteiger charge is -2.22. The summed E-state index contributed by atoms with van der Waals surface area (Å²) in [6, 6.07) is 15.0. The molecule has 0 aliphatic heterocycles. The number of rotatable bonds is 5. The minimum atomic E-state index is -0.964. The lowest BCUT2D eigenvalue weighted by atomic mass is 10.1. The molecule has 0 fully saturated rings. The second kappa shape index (κ2) is 6.44. The molecular formula is C16H16ClNO2. The molecule has 104 valence electrons. The SMILES string of the molecule is CN(CCc1ccccc1)c1c(Cl)cccc1C(=O)O. The third-order valence-corrected chi connectivity index (χ3v) is 3.48. The van der Waals surface area contributed by atoms with E-state index < -0.39 is 5.97 Å². The van der Waals surface area contributed by atoms with Gasteiger partial charge in [0, 0.05) is 13.6 Å². The van der Waals surface area contributed by atoms with Crippen LogP contribution in [0.1, 0.15) is 15.9 Å². The molecule has 0 atom stereocenters. The summed E-state index contributed by atoms with van der Waals surface area (Å²) >= 11 is 6.15. The van der Waals surface area contributed by atoms with E-state index in [1.54, 1.807) is 18.2 Å². The zero-order valence-corrected chi connectivity index (χ0v) is 12.0. The minimum Gasteiger partial charge on any atom is -0.478 e. The number of carboxylic acid groups (broad SMARTS) is 1. The summed E-state index contributed by atoms with van der Waals surface area (Å²) in [4.78, 5) is 13.2. The molecule has 0 aliphatic rings. The Hall–Kier alpha value is -2.00. The standard InChI is InChI=1S/C16H16ClNO2/c1-18(11-10-12-6-3-2-4-7-12)15-13(16(19)20)8-5-9-14(15)17/h2-9H,10-11H2,1H3,(H,19,20). The molecule has 0 saturated carbocycles. The number of aromatic carboxylic acids is 1. The van der Waals surface area contributed by atoms with E-state index in [1.807, 2.05) is 30.1 Å². The Morgan fingerprint density at radius 3 is 2.50 bits per heavy atom. The topological polar surface area (TPSA) is 40.5 Å². The highest BCUT2D eigenvalue weighted by Gasteiger charge is 2.16. The molecule has 0 radical (unpaired) electrons. The number of para-hydroxylation sites is 1. The van der Waals surface area contributed by atoms with Crippen LogP contribution in [0, 0.1) is 0 Å². The summed E-state index contributed by atoms with van der Waals surface area (Å²) in [6.45, 7) is 0.702. The number of nitrogens with zero attached hydrogens (tertiary/aromatic N) is 1. The van der Waals surface area contributed by atoms with Gasteiger partial charge in [-0.2, -0.15) is 0 Å². The van der Waals surface area contributed by atoms with Crippen LogP contribution in [0.25, 0.3) is 0 Å². The Balaban J connectivity index is 2.17. The number of hydrogen-bond donors (Lipinski definition) is 1. The fourth-order valence-corrected chi connectivity index (χ4v) is 2.45. The average molecular weight is 290 g/mol. The molecule has 1 N–H and O–H groups in total. The third kappa shape index (κ3) is 3.31. The van der Waals surface area contributed by atoms with Crippen LogP contribution < -0.4 is 4.90 Å². The van der Waals surface area contributed by atoms with Gasteiger partial charge in [0.2, 0.25) is 0 Å². The smallest absolute Gasteiger partial charge is 0.337 e. The van der Waals surface area contributed by atoms with Gasteiger partial charge in [-0.15, -0.1) is 0 Å². The van der Waals surface area contributed by atoms with Crippen molar-refractivity contribution < 1.29 is 9.90 Å². The van der Waals surface area contributed by atoms with Gasteiger partial charge in [0.25, 0.3) is 0 Å². The van der Waals surface area contributed by atoms with Crippen molar-refractivity contribution in [1.82, 2.24) is 0 Å². The van der Waals surface area contributed by atoms with E-state index in [4.69, 9.17) is 11.6 Å². The largest absolute Gasteiger partial charge is 0.478 e.